The third kappa shape index (κ3) is 8.75. The molecule has 0 saturated carbocycles. The van der Waals surface area contributed by atoms with Crippen LogP contribution in [0, 0.1) is 11.8 Å². The normalized spacial score (nSPS) is 32.5. The predicted molar refractivity (Wildman–Crippen MR) is 154 cm³/mol. The van der Waals surface area contributed by atoms with E-state index in [2.05, 4.69) is 5.32 Å². The number of methoxy groups -OCH3 is 1. The molecule has 2 heterocycles. The Morgan fingerprint density at radius 3 is 2.07 bits per heavy atom. The summed E-state index contributed by atoms with van der Waals surface area (Å²) in [6.45, 7) is 7.17. The Hall–Kier alpha value is -3.06. The van der Waals surface area contributed by atoms with Crippen LogP contribution < -0.4 is 5.32 Å². The third-order valence-electron chi connectivity index (χ3n) is 7.92. The molecule has 1 amide bonds. The molecule has 2 saturated heterocycles. The number of carbonyl (C=O) groups is 2. The summed E-state index contributed by atoms with van der Waals surface area (Å²) in [6.07, 6.45) is -5.76. The second kappa shape index (κ2) is 15.6. The lowest BCUT2D eigenvalue weighted by Gasteiger charge is -2.48. The number of hydrogen-bond donors (Lipinski definition) is 2. The number of benzene rings is 2. The molecule has 2 aliphatic heterocycles. The molecule has 2 aromatic carbocycles. The van der Waals surface area contributed by atoms with Gasteiger partial charge in [0.25, 0.3) is 0 Å². The number of aliphatic hydroxyl groups is 1. The molecule has 43 heavy (non-hydrogen) atoms. The maximum atomic E-state index is 12.8. The molecule has 0 aliphatic carbocycles. The standard InChI is InChI=1S/C32H43NO10/c1-19-26(33-32(36)40-17-24-14-10-7-11-15-24)31(37-5)42-25(18-38-22(4)34)28(19)43-30-20(2)29(27(35)21(3)41-30)39-16-23-12-8-6-9-13-23/h6-15,19-21,25-31,35H,16-18H2,1-5H3,(H,33,36)/t19-,20?,21?,25?,26?,27-,28+,29+,30+,31-/m1/s1. The maximum Gasteiger partial charge on any atom is 0.407 e. The molecule has 11 nitrogen and oxygen atoms in total. The average molecular weight is 602 g/mol. The van der Waals surface area contributed by atoms with Crippen LogP contribution in [-0.4, -0.2) is 80.0 Å². The van der Waals surface area contributed by atoms with Crippen LogP contribution in [0.5, 0.6) is 0 Å². The van der Waals surface area contributed by atoms with Crippen molar-refractivity contribution in [3.63, 3.8) is 0 Å². The number of ether oxygens (including phenoxy) is 7. The van der Waals surface area contributed by atoms with E-state index in [-0.39, 0.29) is 19.1 Å². The minimum atomic E-state index is -0.873. The molecule has 4 rings (SSSR count). The maximum absolute atomic E-state index is 12.8. The first-order valence-corrected chi connectivity index (χ1v) is 14.6. The molecule has 236 valence electrons. The van der Waals surface area contributed by atoms with Gasteiger partial charge < -0.3 is 43.6 Å². The summed E-state index contributed by atoms with van der Waals surface area (Å²) in [5.74, 6) is -1.24. The van der Waals surface area contributed by atoms with Gasteiger partial charge in [-0.3, -0.25) is 4.79 Å². The quantitative estimate of drug-likeness (QED) is 0.369. The smallest absolute Gasteiger partial charge is 0.407 e. The molecular formula is C32H43NO10. The number of alkyl carbamates (subject to hydrolysis) is 1. The van der Waals surface area contributed by atoms with Gasteiger partial charge in [0, 0.05) is 25.9 Å². The summed E-state index contributed by atoms with van der Waals surface area (Å²) in [5.41, 5.74) is 1.83. The second-order valence-corrected chi connectivity index (χ2v) is 11.1. The molecule has 2 N–H and O–H groups in total. The van der Waals surface area contributed by atoms with Crippen molar-refractivity contribution in [1.82, 2.24) is 5.32 Å². The zero-order valence-electron chi connectivity index (χ0n) is 25.3. The summed E-state index contributed by atoms with van der Waals surface area (Å²) >= 11 is 0. The van der Waals surface area contributed by atoms with Crippen LogP contribution in [-0.2, 0) is 51.2 Å². The lowest BCUT2D eigenvalue weighted by atomic mass is 9.87. The molecule has 2 aliphatic rings. The van der Waals surface area contributed by atoms with Gasteiger partial charge in [0.1, 0.15) is 25.4 Å². The van der Waals surface area contributed by atoms with Crippen molar-refractivity contribution in [1.29, 1.82) is 0 Å². The van der Waals surface area contributed by atoms with Gasteiger partial charge in [-0.1, -0.05) is 74.5 Å². The fourth-order valence-corrected chi connectivity index (χ4v) is 5.45. The minimum Gasteiger partial charge on any atom is -0.463 e. The molecule has 10 atom stereocenters. The lowest BCUT2D eigenvalue weighted by Crippen LogP contribution is -2.63. The number of esters is 1. The van der Waals surface area contributed by atoms with E-state index in [1.165, 1.54) is 14.0 Å². The van der Waals surface area contributed by atoms with Crippen LogP contribution in [0.4, 0.5) is 4.79 Å². The molecule has 4 unspecified atom stereocenters. The van der Waals surface area contributed by atoms with Crippen molar-refractivity contribution in [2.75, 3.05) is 13.7 Å². The average Bonchev–Trinajstić information content (AvgIpc) is 3.01. The fraction of sp³-hybridized carbons (Fsp3) is 0.562. The van der Waals surface area contributed by atoms with Gasteiger partial charge in [0.05, 0.1) is 31.0 Å². The van der Waals surface area contributed by atoms with E-state index in [9.17, 15) is 14.7 Å². The molecular weight excluding hydrogens is 558 g/mol. The summed E-state index contributed by atoms with van der Waals surface area (Å²) < 4.78 is 41.4. The highest BCUT2D eigenvalue weighted by molar-refractivity contribution is 5.67. The third-order valence-corrected chi connectivity index (χ3v) is 7.92. The van der Waals surface area contributed by atoms with E-state index in [0.717, 1.165) is 11.1 Å². The highest BCUT2D eigenvalue weighted by Crippen LogP contribution is 2.35. The number of aliphatic hydroxyl groups excluding tert-OH is 1. The van der Waals surface area contributed by atoms with E-state index in [1.807, 2.05) is 74.5 Å². The van der Waals surface area contributed by atoms with Crippen LogP contribution in [0.3, 0.4) is 0 Å². The molecule has 2 fully saturated rings. The SMILES string of the molecule is CO[C@@H]1OC(COC(C)=O)[C@@H](O[C@@H]2OC(C)[C@@H](O)[C@@H](OCc3ccccc3)C2C)[C@H](C)C1NC(=O)OCc1ccccc1. The highest BCUT2D eigenvalue weighted by atomic mass is 16.7. The van der Waals surface area contributed by atoms with Crippen molar-refractivity contribution in [2.45, 2.75) is 90.1 Å². The Balaban J connectivity index is 1.48. The molecule has 2 aromatic rings. The van der Waals surface area contributed by atoms with Crippen LogP contribution >= 0.6 is 0 Å². The van der Waals surface area contributed by atoms with Crippen molar-refractivity contribution in [2.24, 2.45) is 11.8 Å². The van der Waals surface area contributed by atoms with Gasteiger partial charge in [0.2, 0.25) is 0 Å². The van der Waals surface area contributed by atoms with Gasteiger partial charge in [-0.15, -0.1) is 0 Å². The highest BCUT2D eigenvalue weighted by Gasteiger charge is 2.50. The molecule has 0 bridgehead atoms. The Kier molecular flexibility index (Phi) is 11.9. The Morgan fingerprint density at radius 1 is 0.837 bits per heavy atom. The minimum absolute atomic E-state index is 0.0947. The first-order valence-electron chi connectivity index (χ1n) is 14.6. The van der Waals surface area contributed by atoms with Crippen LogP contribution in [0.2, 0.25) is 0 Å². The van der Waals surface area contributed by atoms with Crippen molar-refractivity contribution < 1.29 is 47.9 Å². The van der Waals surface area contributed by atoms with Gasteiger partial charge in [-0.05, 0) is 18.1 Å². The number of rotatable bonds is 11. The molecule has 11 heteroatoms. The van der Waals surface area contributed by atoms with Gasteiger partial charge >= 0.3 is 12.1 Å². The molecule has 0 radical (unpaired) electrons. The topological polar surface area (TPSA) is 131 Å². The van der Waals surface area contributed by atoms with E-state index < -0.39 is 67.1 Å². The fourth-order valence-electron chi connectivity index (χ4n) is 5.45. The molecule has 0 aromatic heterocycles. The number of amides is 1. The van der Waals surface area contributed by atoms with Crippen LogP contribution in [0.1, 0.15) is 38.8 Å². The Bertz CT molecular complexity index is 1150. The Morgan fingerprint density at radius 2 is 1.47 bits per heavy atom. The summed E-state index contributed by atoms with van der Waals surface area (Å²) in [6, 6.07) is 18.4. The van der Waals surface area contributed by atoms with Crippen molar-refractivity contribution in [3.8, 4) is 0 Å². The van der Waals surface area contributed by atoms with Gasteiger partial charge in [-0.25, -0.2) is 4.79 Å². The molecule has 0 spiro atoms. The van der Waals surface area contributed by atoms with E-state index in [1.54, 1.807) is 6.92 Å². The zero-order valence-corrected chi connectivity index (χ0v) is 25.3. The van der Waals surface area contributed by atoms with Crippen molar-refractivity contribution >= 4 is 12.1 Å². The monoisotopic (exact) mass is 601 g/mol. The van der Waals surface area contributed by atoms with Crippen LogP contribution in [0.15, 0.2) is 60.7 Å². The van der Waals surface area contributed by atoms with Crippen molar-refractivity contribution in [3.05, 3.63) is 71.8 Å². The van der Waals surface area contributed by atoms with E-state index >= 15 is 0 Å². The number of nitrogens with one attached hydrogen (secondary N) is 1. The Labute approximate surface area is 252 Å². The zero-order chi connectivity index (χ0) is 30.9. The number of carbonyl (C=O) groups excluding carboxylic acids is 2. The summed E-state index contributed by atoms with van der Waals surface area (Å²) in [4.78, 5) is 24.5. The second-order valence-electron chi connectivity index (χ2n) is 11.1. The van der Waals surface area contributed by atoms with E-state index in [0.29, 0.717) is 6.61 Å². The lowest BCUT2D eigenvalue weighted by molar-refractivity contribution is -0.330. The van der Waals surface area contributed by atoms with Gasteiger partial charge in [0.15, 0.2) is 12.6 Å². The summed E-state index contributed by atoms with van der Waals surface area (Å²) in [7, 11) is 1.47. The van der Waals surface area contributed by atoms with Gasteiger partial charge in [-0.2, -0.15) is 0 Å². The van der Waals surface area contributed by atoms with E-state index in [4.69, 9.17) is 33.2 Å². The first-order chi connectivity index (χ1) is 20.7. The van der Waals surface area contributed by atoms with Crippen LogP contribution in [0.25, 0.3) is 0 Å². The summed E-state index contributed by atoms with van der Waals surface area (Å²) in [5, 5.41) is 13.8. The first kappa shape index (κ1) is 32.8. The number of hydrogen-bond acceptors (Lipinski definition) is 10. The predicted octanol–water partition coefficient (Wildman–Crippen LogP) is 3.56. The largest absolute Gasteiger partial charge is 0.463 e.